The van der Waals surface area contributed by atoms with Crippen molar-refractivity contribution >= 4 is 34.9 Å². The molecule has 1 aliphatic carbocycles. The molecule has 3 aromatic heterocycles. The number of anilines is 1. The molecular weight excluding hydrogens is 456 g/mol. The second kappa shape index (κ2) is 11.1. The summed E-state index contributed by atoms with van der Waals surface area (Å²) in [5.41, 5.74) is 0. The summed E-state index contributed by atoms with van der Waals surface area (Å²) in [4.78, 5) is 41.5. The quantitative estimate of drug-likeness (QED) is 0.446. The summed E-state index contributed by atoms with van der Waals surface area (Å²) in [6.07, 6.45) is 5.47. The lowest BCUT2D eigenvalue weighted by Gasteiger charge is -2.31. The van der Waals surface area contributed by atoms with Gasteiger partial charge in [-0.05, 0) is 43.3 Å². The van der Waals surface area contributed by atoms with Crippen molar-refractivity contribution in [3.63, 3.8) is 0 Å². The maximum Gasteiger partial charge on any atom is 0.248 e. The number of thiophene rings is 1. The highest BCUT2D eigenvalue weighted by atomic mass is 32.1. The number of furan rings is 1. The van der Waals surface area contributed by atoms with E-state index in [1.165, 1.54) is 22.5 Å². The lowest BCUT2D eigenvalue weighted by atomic mass is 10.1. The molecule has 0 saturated heterocycles. The Morgan fingerprint density at radius 3 is 2.68 bits per heavy atom. The summed E-state index contributed by atoms with van der Waals surface area (Å²) in [5, 5.41) is 11.4. The zero-order valence-corrected chi connectivity index (χ0v) is 19.8. The molecule has 0 radical (unpaired) electrons. The van der Waals surface area contributed by atoms with Gasteiger partial charge in [0.2, 0.25) is 17.7 Å². The van der Waals surface area contributed by atoms with Gasteiger partial charge in [-0.2, -0.15) is 0 Å². The standard InChI is InChI=1S/C24H28N4O5S/c1-16-14-20(27-33-16)26-21(29)10-11-22(30)28(15-18-8-4-12-32-18)23(19-9-5-13-34-19)24(31)25-17-6-2-3-7-17/h4-5,8-9,12-14,17,23H,2-3,6-7,10-11,15H2,1H3,(H,25,31)(H,26,27,29). The lowest BCUT2D eigenvalue weighted by molar-refractivity contribution is -0.142. The SMILES string of the molecule is Cc1cc(NC(=O)CCC(=O)N(Cc2ccco2)C(C(=O)NC2CCCC2)c2cccs2)no1. The molecule has 3 heterocycles. The lowest BCUT2D eigenvalue weighted by Crippen LogP contribution is -2.45. The first-order valence-electron chi connectivity index (χ1n) is 11.4. The van der Waals surface area contributed by atoms with Crippen LogP contribution in [0.1, 0.15) is 61.0 Å². The Hall–Kier alpha value is -3.40. The van der Waals surface area contributed by atoms with Gasteiger partial charge in [-0.25, -0.2) is 0 Å². The van der Waals surface area contributed by atoms with Crippen molar-refractivity contribution in [2.24, 2.45) is 0 Å². The molecule has 0 aliphatic heterocycles. The molecule has 10 heteroatoms. The molecule has 4 rings (SSSR count). The Morgan fingerprint density at radius 2 is 2.03 bits per heavy atom. The van der Waals surface area contributed by atoms with Gasteiger partial charge in [0.15, 0.2) is 5.82 Å². The molecular formula is C24H28N4O5S. The normalized spacial score (nSPS) is 14.6. The van der Waals surface area contributed by atoms with Gasteiger partial charge in [-0.1, -0.05) is 24.1 Å². The van der Waals surface area contributed by atoms with Gasteiger partial charge in [0, 0.05) is 29.8 Å². The van der Waals surface area contributed by atoms with Crippen LogP contribution in [0, 0.1) is 6.92 Å². The van der Waals surface area contributed by atoms with Gasteiger partial charge >= 0.3 is 0 Å². The van der Waals surface area contributed by atoms with E-state index in [-0.39, 0.29) is 43.1 Å². The highest BCUT2D eigenvalue weighted by Crippen LogP contribution is 2.29. The van der Waals surface area contributed by atoms with Gasteiger partial charge in [0.05, 0.1) is 12.8 Å². The fraction of sp³-hybridized carbons (Fsp3) is 0.417. The predicted molar refractivity (Wildman–Crippen MR) is 126 cm³/mol. The monoisotopic (exact) mass is 484 g/mol. The molecule has 0 bridgehead atoms. The van der Waals surface area contributed by atoms with Crippen molar-refractivity contribution in [3.05, 3.63) is 58.4 Å². The topological polar surface area (TPSA) is 118 Å². The molecule has 1 saturated carbocycles. The molecule has 3 amide bonds. The van der Waals surface area contributed by atoms with Crippen LogP contribution in [-0.4, -0.2) is 33.8 Å². The molecule has 9 nitrogen and oxygen atoms in total. The summed E-state index contributed by atoms with van der Waals surface area (Å²) < 4.78 is 10.4. The van der Waals surface area contributed by atoms with E-state index in [9.17, 15) is 14.4 Å². The smallest absolute Gasteiger partial charge is 0.248 e. The van der Waals surface area contributed by atoms with Crippen LogP contribution in [-0.2, 0) is 20.9 Å². The molecule has 1 fully saturated rings. The number of amides is 3. The first-order valence-corrected chi connectivity index (χ1v) is 12.3. The van der Waals surface area contributed by atoms with Crippen molar-refractivity contribution in [1.82, 2.24) is 15.4 Å². The number of aromatic nitrogens is 1. The molecule has 3 aromatic rings. The Bertz CT molecular complexity index is 1090. The molecule has 1 atom stereocenters. The fourth-order valence-corrected chi connectivity index (χ4v) is 4.94. The van der Waals surface area contributed by atoms with Crippen LogP contribution in [0.2, 0.25) is 0 Å². The van der Waals surface area contributed by atoms with Crippen molar-refractivity contribution in [2.75, 3.05) is 5.32 Å². The van der Waals surface area contributed by atoms with E-state index in [0.29, 0.717) is 17.3 Å². The minimum atomic E-state index is -0.806. The van der Waals surface area contributed by atoms with Crippen molar-refractivity contribution in [1.29, 1.82) is 0 Å². The largest absolute Gasteiger partial charge is 0.467 e. The average molecular weight is 485 g/mol. The van der Waals surface area contributed by atoms with Crippen LogP contribution in [0.5, 0.6) is 0 Å². The summed E-state index contributed by atoms with van der Waals surface area (Å²) in [7, 11) is 0. The minimum absolute atomic E-state index is 0.0548. The molecule has 2 N–H and O–H groups in total. The fourth-order valence-electron chi connectivity index (χ4n) is 4.11. The van der Waals surface area contributed by atoms with E-state index >= 15 is 0 Å². The Kier molecular flexibility index (Phi) is 7.79. The maximum atomic E-state index is 13.4. The summed E-state index contributed by atoms with van der Waals surface area (Å²) >= 11 is 1.42. The van der Waals surface area contributed by atoms with Crippen LogP contribution < -0.4 is 10.6 Å². The van der Waals surface area contributed by atoms with Crippen LogP contribution in [0.3, 0.4) is 0 Å². The first-order chi connectivity index (χ1) is 16.5. The zero-order valence-electron chi connectivity index (χ0n) is 19.0. The average Bonchev–Trinajstić information content (AvgIpc) is 3.61. The minimum Gasteiger partial charge on any atom is -0.467 e. The third kappa shape index (κ3) is 6.13. The van der Waals surface area contributed by atoms with E-state index in [0.717, 1.165) is 30.6 Å². The van der Waals surface area contributed by atoms with E-state index in [4.69, 9.17) is 8.94 Å². The van der Waals surface area contributed by atoms with Crippen LogP contribution in [0.15, 0.2) is 50.9 Å². The van der Waals surface area contributed by atoms with E-state index in [1.54, 1.807) is 25.1 Å². The van der Waals surface area contributed by atoms with Crippen molar-refractivity contribution < 1.29 is 23.3 Å². The number of rotatable bonds is 10. The van der Waals surface area contributed by atoms with E-state index in [1.807, 2.05) is 17.5 Å². The first kappa shape index (κ1) is 23.7. The predicted octanol–water partition coefficient (Wildman–Crippen LogP) is 4.19. The number of nitrogens with zero attached hydrogens (tertiary/aromatic N) is 2. The molecule has 0 spiro atoms. The van der Waals surface area contributed by atoms with Crippen LogP contribution in [0.4, 0.5) is 5.82 Å². The Morgan fingerprint density at radius 1 is 1.21 bits per heavy atom. The number of carbonyl (C=O) groups excluding carboxylic acids is 3. The molecule has 1 unspecified atom stereocenters. The summed E-state index contributed by atoms with van der Waals surface area (Å²) in [6, 6.07) is 8.13. The zero-order chi connectivity index (χ0) is 23.9. The van der Waals surface area contributed by atoms with Gasteiger partial charge < -0.3 is 24.5 Å². The number of nitrogens with one attached hydrogen (secondary N) is 2. The van der Waals surface area contributed by atoms with Crippen molar-refractivity contribution in [2.45, 2.75) is 64.1 Å². The number of carbonyl (C=O) groups is 3. The Balaban J connectivity index is 1.50. The van der Waals surface area contributed by atoms with Gasteiger partial charge in [0.25, 0.3) is 0 Å². The number of aryl methyl sites for hydroxylation is 1. The van der Waals surface area contributed by atoms with Gasteiger partial charge in [-0.3, -0.25) is 14.4 Å². The van der Waals surface area contributed by atoms with Crippen LogP contribution >= 0.6 is 11.3 Å². The third-order valence-electron chi connectivity index (χ3n) is 5.76. The van der Waals surface area contributed by atoms with Gasteiger partial charge in [0.1, 0.15) is 17.6 Å². The van der Waals surface area contributed by atoms with E-state index < -0.39 is 6.04 Å². The van der Waals surface area contributed by atoms with E-state index in [2.05, 4.69) is 15.8 Å². The molecule has 34 heavy (non-hydrogen) atoms. The van der Waals surface area contributed by atoms with Crippen LogP contribution in [0.25, 0.3) is 0 Å². The van der Waals surface area contributed by atoms with Gasteiger partial charge in [-0.15, -0.1) is 11.3 Å². The third-order valence-corrected chi connectivity index (χ3v) is 6.69. The molecule has 0 aromatic carbocycles. The highest BCUT2D eigenvalue weighted by Gasteiger charge is 2.34. The molecule has 180 valence electrons. The summed E-state index contributed by atoms with van der Waals surface area (Å²) in [6.45, 7) is 1.84. The number of hydrogen-bond donors (Lipinski definition) is 2. The maximum absolute atomic E-state index is 13.4. The Labute approximate surface area is 201 Å². The molecule has 1 aliphatic rings. The second-order valence-electron chi connectivity index (χ2n) is 8.38. The number of hydrogen-bond acceptors (Lipinski definition) is 7. The highest BCUT2D eigenvalue weighted by molar-refractivity contribution is 7.10. The second-order valence-corrected chi connectivity index (χ2v) is 9.36. The summed E-state index contributed by atoms with van der Waals surface area (Å²) in [5.74, 6) is 0.547. The van der Waals surface area contributed by atoms with Crippen molar-refractivity contribution in [3.8, 4) is 0 Å².